The molecule has 0 spiro atoms. The van der Waals surface area contributed by atoms with Gasteiger partial charge in [-0.3, -0.25) is 4.79 Å². The number of rotatable bonds is 4. The van der Waals surface area contributed by atoms with Crippen molar-refractivity contribution in [3.05, 3.63) is 52.7 Å². The normalized spacial score (nSPS) is 15.4. The van der Waals surface area contributed by atoms with Crippen LogP contribution in [0.5, 0.6) is 0 Å². The van der Waals surface area contributed by atoms with Crippen LogP contribution in [0.4, 0.5) is 24.7 Å². The van der Waals surface area contributed by atoms with Crippen LogP contribution < -0.4 is 10.6 Å². The number of carbonyl (C=O) groups is 1. The first-order valence-electron chi connectivity index (χ1n) is 8.73. The summed E-state index contributed by atoms with van der Waals surface area (Å²) in [5, 5.41) is 5.96. The van der Waals surface area contributed by atoms with E-state index in [1.54, 1.807) is 0 Å². The van der Waals surface area contributed by atoms with Gasteiger partial charge in [0.2, 0.25) is 0 Å². The Hall–Kier alpha value is -2.28. The van der Waals surface area contributed by atoms with Gasteiger partial charge in [-0.25, -0.2) is 4.98 Å². The number of pyridine rings is 1. The van der Waals surface area contributed by atoms with Crippen molar-refractivity contribution in [2.24, 2.45) is 0 Å². The maximum atomic E-state index is 13.5. The molecule has 0 unspecified atom stereocenters. The van der Waals surface area contributed by atoms with Crippen molar-refractivity contribution in [2.75, 3.05) is 10.6 Å². The van der Waals surface area contributed by atoms with Crippen LogP contribution in [0.3, 0.4) is 0 Å². The molecule has 4 nitrogen and oxygen atoms in total. The van der Waals surface area contributed by atoms with Gasteiger partial charge >= 0.3 is 6.18 Å². The third-order valence-electron chi connectivity index (χ3n) is 4.51. The molecule has 1 aromatic heterocycles. The minimum Gasteiger partial charge on any atom is -0.367 e. The highest BCUT2D eigenvalue weighted by molar-refractivity contribution is 6.30. The van der Waals surface area contributed by atoms with Crippen LogP contribution in [-0.2, 0) is 6.18 Å². The summed E-state index contributed by atoms with van der Waals surface area (Å²) in [5.74, 6) is -0.737. The highest BCUT2D eigenvalue weighted by atomic mass is 35.5. The summed E-state index contributed by atoms with van der Waals surface area (Å²) in [5.41, 5.74) is -1.18. The zero-order valence-corrected chi connectivity index (χ0v) is 15.2. The number of nitrogens with zero attached hydrogens (tertiary/aromatic N) is 1. The van der Waals surface area contributed by atoms with E-state index in [0.717, 1.165) is 44.4 Å². The lowest BCUT2D eigenvalue weighted by Gasteiger charge is -2.24. The Labute approximate surface area is 160 Å². The van der Waals surface area contributed by atoms with E-state index in [0.29, 0.717) is 10.7 Å². The second kappa shape index (κ2) is 8.17. The number of hydrogen-bond donors (Lipinski definition) is 2. The Morgan fingerprint density at radius 3 is 2.41 bits per heavy atom. The highest BCUT2D eigenvalue weighted by Gasteiger charge is 2.36. The average Bonchev–Trinajstić information content (AvgIpc) is 2.64. The van der Waals surface area contributed by atoms with Gasteiger partial charge in [-0.2, -0.15) is 13.2 Å². The molecule has 0 aliphatic heterocycles. The van der Waals surface area contributed by atoms with Crippen LogP contribution in [-0.4, -0.2) is 16.9 Å². The molecule has 1 heterocycles. The lowest BCUT2D eigenvalue weighted by molar-refractivity contribution is -0.137. The van der Waals surface area contributed by atoms with Crippen molar-refractivity contribution >= 4 is 29.0 Å². The molecule has 144 valence electrons. The molecule has 2 aromatic rings. The fourth-order valence-electron chi connectivity index (χ4n) is 3.14. The maximum absolute atomic E-state index is 13.5. The summed E-state index contributed by atoms with van der Waals surface area (Å²) in [6.45, 7) is 0. The number of amides is 1. The molecule has 27 heavy (non-hydrogen) atoms. The molecule has 3 rings (SSSR count). The number of halogens is 4. The van der Waals surface area contributed by atoms with Gasteiger partial charge in [-0.05, 0) is 43.2 Å². The number of benzene rings is 1. The summed E-state index contributed by atoms with van der Waals surface area (Å²) in [6, 6.07) is 7.13. The van der Waals surface area contributed by atoms with E-state index in [9.17, 15) is 18.0 Å². The van der Waals surface area contributed by atoms with Gasteiger partial charge in [0.25, 0.3) is 5.91 Å². The summed E-state index contributed by atoms with van der Waals surface area (Å²) in [6.07, 6.45) is 1.35. The summed E-state index contributed by atoms with van der Waals surface area (Å²) in [4.78, 5) is 16.4. The Balaban J connectivity index is 1.82. The Morgan fingerprint density at radius 2 is 1.78 bits per heavy atom. The van der Waals surface area contributed by atoms with Crippen LogP contribution >= 0.6 is 11.6 Å². The molecule has 1 saturated carbocycles. The predicted octanol–water partition coefficient (Wildman–Crippen LogP) is 5.75. The van der Waals surface area contributed by atoms with E-state index in [2.05, 4.69) is 15.6 Å². The van der Waals surface area contributed by atoms with Crippen molar-refractivity contribution < 1.29 is 18.0 Å². The Bertz CT molecular complexity index is 803. The topological polar surface area (TPSA) is 54.0 Å². The van der Waals surface area contributed by atoms with Crippen LogP contribution in [0.2, 0.25) is 5.02 Å². The van der Waals surface area contributed by atoms with Crippen molar-refractivity contribution in [3.8, 4) is 0 Å². The molecule has 0 atom stereocenters. The number of hydrogen-bond acceptors (Lipinski definition) is 3. The van der Waals surface area contributed by atoms with E-state index in [-0.39, 0.29) is 11.9 Å². The molecule has 1 fully saturated rings. The summed E-state index contributed by atoms with van der Waals surface area (Å²) < 4.78 is 40.5. The molecule has 0 bridgehead atoms. The highest BCUT2D eigenvalue weighted by Crippen LogP contribution is 2.34. The van der Waals surface area contributed by atoms with Crippen molar-refractivity contribution in [1.29, 1.82) is 0 Å². The molecule has 1 aliphatic carbocycles. The zero-order valence-electron chi connectivity index (χ0n) is 14.4. The zero-order chi connectivity index (χ0) is 19.4. The fraction of sp³-hybridized carbons (Fsp3) is 0.368. The molecular weight excluding hydrogens is 379 g/mol. The largest absolute Gasteiger partial charge is 0.417 e. The van der Waals surface area contributed by atoms with Crippen LogP contribution in [0.15, 0.2) is 36.5 Å². The summed E-state index contributed by atoms with van der Waals surface area (Å²) in [7, 11) is 0. The molecule has 0 saturated heterocycles. The lowest BCUT2D eigenvalue weighted by Crippen LogP contribution is -2.24. The monoisotopic (exact) mass is 397 g/mol. The Morgan fingerprint density at radius 1 is 1.11 bits per heavy atom. The van der Waals surface area contributed by atoms with Crippen LogP contribution in [0, 0.1) is 0 Å². The smallest absolute Gasteiger partial charge is 0.367 e. The fourth-order valence-corrected chi connectivity index (χ4v) is 3.26. The molecule has 1 aliphatic rings. The molecule has 1 amide bonds. The van der Waals surface area contributed by atoms with Gasteiger partial charge in [0.05, 0.1) is 11.1 Å². The molecule has 8 heteroatoms. The third-order valence-corrected chi connectivity index (χ3v) is 4.77. The SMILES string of the molecule is O=C(Nc1ccc(Cl)cc1)c1cnc(NC2CCCCC2)cc1C(F)(F)F. The lowest BCUT2D eigenvalue weighted by atomic mass is 9.95. The number of carbonyl (C=O) groups excluding carboxylic acids is 1. The quantitative estimate of drug-likeness (QED) is 0.690. The predicted molar refractivity (Wildman–Crippen MR) is 99.1 cm³/mol. The molecule has 2 N–H and O–H groups in total. The van der Waals surface area contributed by atoms with Crippen LogP contribution in [0.25, 0.3) is 0 Å². The van der Waals surface area contributed by atoms with Gasteiger partial charge in [-0.15, -0.1) is 0 Å². The molecular formula is C19H19ClF3N3O. The summed E-state index contributed by atoms with van der Waals surface area (Å²) >= 11 is 5.77. The second-order valence-electron chi connectivity index (χ2n) is 6.55. The molecule has 0 radical (unpaired) electrons. The first-order valence-corrected chi connectivity index (χ1v) is 9.11. The van der Waals surface area contributed by atoms with E-state index in [1.165, 1.54) is 24.3 Å². The minimum atomic E-state index is -4.67. The van der Waals surface area contributed by atoms with Gasteiger partial charge in [-0.1, -0.05) is 30.9 Å². The van der Waals surface area contributed by atoms with Crippen molar-refractivity contribution in [2.45, 2.75) is 44.3 Å². The van der Waals surface area contributed by atoms with Gasteiger partial charge in [0.1, 0.15) is 5.82 Å². The maximum Gasteiger partial charge on any atom is 0.417 e. The van der Waals surface area contributed by atoms with Crippen molar-refractivity contribution in [3.63, 3.8) is 0 Å². The number of nitrogens with one attached hydrogen (secondary N) is 2. The third kappa shape index (κ3) is 5.13. The number of alkyl halides is 3. The first kappa shape index (κ1) is 19.5. The number of aromatic nitrogens is 1. The Kier molecular flexibility index (Phi) is 5.89. The van der Waals surface area contributed by atoms with Gasteiger partial charge in [0.15, 0.2) is 0 Å². The average molecular weight is 398 g/mol. The van der Waals surface area contributed by atoms with Crippen molar-refractivity contribution in [1.82, 2.24) is 4.98 Å². The van der Waals surface area contributed by atoms with E-state index in [4.69, 9.17) is 11.6 Å². The molecule has 1 aromatic carbocycles. The van der Waals surface area contributed by atoms with E-state index < -0.39 is 23.2 Å². The van der Waals surface area contributed by atoms with Crippen LogP contribution in [0.1, 0.15) is 48.0 Å². The standard InChI is InChI=1S/C19H19ClF3N3O/c20-12-6-8-14(9-7-12)26-18(27)15-11-24-17(10-16(15)19(21,22)23)25-13-4-2-1-3-5-13/h6-11,13H,1-5H2,(H,24,25)(H,26,27). The van der Waals surface area contributed by atoms with E-state index in [1.807, 2.05) is 0 Å². The van der Waals surface area contributed by atoms with E-state index >= 15 is 0 Å². The van der Waals surface area contributed by atoms with Gasteiger partial charge in [0, 0.05) is 22.9 Å². The first-order chi connectivity index (χ1) is 12.8. The second-order valence-corrected chi connectivity index (χ2v) is 6.99. The van der Waals surface area contributed by atoms with Gasteiger partial charge < -0.3 is 10.6 Å². The minimum absolute atomic E-state index is 0.112. The number of anilines is 2.